The smallest absolute Gasteiger partial charge is 0.127 e. The van der Waals surface area contributed by atoms with Crippen LogP contribution in [-0.2, 0) is 15.6 Å². The number of fused-ring (bicyclic) bond motifs is 2. The van der Waals surface area contributed by atoms with Crippen LogP contribution in [0.2, 0.25) is 19.6 Å². The summed E-state index contributed by atoms with van der Waals surface area (Å²) in [5.41, 5.74) is 2.79. The maximum Gasteiger partial charge on any atom is 0.127 e. The number of carbonyl (C=O) groups is 1. The maximum atomic E-state index is 12.9. The first-order valence-electron chi connectivity index (χ1n) is 12.3. The van der Waals surface area contributed by atoms with Gasteiger partial charge >= 0.3 is 0 Å². The van der Waals surface area contributed by atoms with E-state index in [0.717, 1.165) is 25.0 Å². The highest BCUT2D eigenvalue weighted by Crippen LogP contribution is 2.76. The molecule has 0 N–H and O–H groups in total. The van der Waals surface area contributed by atoms with Gasteiger partial charge in [-0.15, -0.1) is 0 Å². The second-order valence-corrected chi connectivity index (χ2v) is 16.7. The molecule has 3 aliphatic carbocycles. The van der Waals surface area contributed by atoms with Crippen LogP contribution in [0.5, 0.6) is 0 Å². The van der Waals surface area contributed by atoms with Gasteiger partial charge in [-0.25, -0.2) is 0 Å². The summed E-state index contributed by atoms with van der Waals surface area (Å²) in [5, 5.41) is 3.93. The third-order valence-corrected chi connectivity index (χ3v) is 10.8. The van der Waals surface area contributed by atoms with Crippen molar-refractivity contribution in [2.24, 2.45) is 5.41 Å². The second kappa shape index (κ2) is 7.23. The minimum Gasteiger partial charge on any atom is -0.303 e. The molecule has 0 aliphatic heterocycles. The quantitative estimate of drug-likeness (QED) is 0.255. The third-order valence-electron chi connectivity index (χ3n) is 8.69. The number of carbonyl (C=O) groups excluding carboxylic acids is 1. The Morgan fingerprint density at radius 1 is 0.765 bits per heavy atom. The van der Waals surface area contributed by atoms with E-state index in [9.17, 15) is 4.79 Å². The number of benzene rings is 3. The molecule has 3 saturated carbocycles. The lowest BCUT2D eigenvalue weighted by molar-refractivity contribution is -0.122. The van der Waals surface area contributed by atoms with Crippen molar-refractivity contribution in [1.82, 2.24) is 4.98 Å². The molecule has 4 aromatic rings. The van der Waals surface area contributed by atoms with Gasteiger partial charge in [-0.1, -0.05) is 97.6 Å². The topological polar surface area (TPSA) is 30.0 Å². The second-order valence-electron chi connectivity index (χ2n) is 11.6. The van der Waals surface area contributed by atoms with Crippen LogP contribution in [0.4, 0.5) is 0 Å². The van der Waals surface area contributed by atoms with E-state index in [1.807, 2.05) is 12.3 Å². The summed E-state index contributed by atoms with van der Waals surface area (Å²) in [6, 6.07) is 30.8. The van der Waals surface area contributed by atoms with Gasteiger partial charge in [0.25, 0.3) is 0 Å². The molecule has 7 rings (SSSR count). The van der Waals surface area contributed by atoms with Crippen LogP contribution in [0.25, 0.3) is 10.8 Å². The number of pyridine rings is 1. The Bertz CT molecular complexity index is 1380. The maximum absolute atomic E-state index is 12.9. The molecule has 0 radical (unpaired) electrons. The Morgan fingerprint density at radius 2 is 1.44 bits per heavy atom. The van der Waals surface area contributed by atoms with Crippen LogP contribution in [0.15, 0.2) is 91.1 Å². The van der Waals surface area contributed by atoms with E-state index in [-0.39, 0.29) is 5.41 Å². The summed E-state index contributed by atoms with van der Waals surface area (Å²) in [6.45, 7) is 7.17. The summed E-state index contributed by atoms with van der Waals surface area (Å²) in [4.78, 5) is 17.8. The predicted octanol–water partition coefficient (Wildman–Crippen LogP) is 6.39. The van der Waals surface area contributed by atoms with Crippen molar-refractivity contribution in [1.29, 1.82) is 0 Å². The van der Waals surface area contributed by atoms with E-state index in [4.69, 9.17) is 4.98 Å². The van der Waals surface area contributed by atoms with Crippen LogP contribution >= 0.6 is 0 Å². The van der Waals surface area contributed by atoms with Crippen molar-refractivity contribution >= 4 is 30.3 Å². The first kappa shape index (κ1) is 21.5. The molecule has 3 aliphatic rings. The monoisotopic (exact) mass is 461 g/mol. The van der Waals surface area contributed by atoms with Gasteiger partial charge in [-0.2, -0.15) is 0 Å². The fourth-order valence-corrected chi connectivity index (χ4v) is 8.20. The first-order valence-corrected chi connectivity index (χ1v) is 15.8. The lowest BCUT2D eigenvalue weighted by atomic mass is 9.53. The van der Waals surface area contributed by atoms with Crippen molar-refractivity contribution in [3.63, 3.8) is 0 Å². The highest BCUT2D eigenvalue weighted by molar-refractivity contribution is 6.88. The normalized spacial score (nSPS) is 28.0. The van der Waals surface area contributed by atoms with E-state index in [0.29, 0.717) is 0 Å². The van der Waals surface area contributed by atoms with E-state index in [2.05, 4.69) is 98.5 Å². The van der Waals surface area contributed by atoms with Crippen molar-refractivity contribution < 1.29 is 4.79 Å². The van der Waals surface area contributed by atoms with Crippen molar-refractivity contribution in [2.75, 3.05) is 0 Å². The zero-order valence-corrected chi connectivity index (χ0v) is 21.2. The van der Waals surface area contributed by atoms with E-state index < -0.39 is 18.9 Å². The van der Waals surface area contributed by atoms with Gasteiger partial charge in [0.2, 0.25) is 0 Å². The number of rotatable bonds is 5. The van der Waals surface area contributed by atoms with Crippen molar-refractivity contribution in [2.45, 2.75) is 49.7 Å². The van der Waals surface area contributed by atoms with Crippen molar-refractivity contribution in [3.05, 3.63) is 108 Å². The first-order chi connectivity index (χ1) is 16.3. The summed E-state index contributed by atoms with van der Waals surface area (Å²) < 4.78 is 0. The molecule has 1 unspecified atom stereocenters. The molecule has 3 heteroatoms. The minimum atomic E-state index is -1.35. The molecule has 2 bridgehead atoms. The lowest BCUT2D eigenvalue weighted by Crippen LogP contribution is -2.49. The minimum absolute atomic E-state index is 0.0159. The van der Waals surface area contributed by atoms with Gasteiger partial charge in [-0.05, 0) is 58.7 Å². The fraction of sp³-hybridized carbons (Fsp3) is 0.290. The van der Waals surface area contributed by atoms with Gasteiger partial charge in [0.05, 0.1) is 19.2 Å². The van der Waals surface area contributed by atoms with Crippen LogP contribution in [0, 0.1) is 5.41 Å². The number of nitrogens with zero attached hydrogens (tertiary/aromatic N) is 1. The third kappa shape index (κ3) is 2.86. The fourth-order valence-electron chi connectivity index (χ4n) is 7.03. The molecule has 170 valence electrons. The van der Waals surface area contributed by atoms with Crippen LogP contribution in [0.1, 0.15) is 36.1 Å². The summed E-state index contributed by atoms with van der Waals surface area (Å²) >= 11 is 0. The predicted molar refractivity (Wildman–Crippen MR) is 142 cm³/mol. The molecule has 1 heterocycles. The summed E-state index contributed by atoms with van der Waals surface area (Å²) in [6.07, 6.45) is 5.83. The molecule has 1 atom stereocenters. The largest absolute Gasteiger partial charge is 0.303 e. The highest BCUT2D eigenvalue weighted by atomic mass is 28.3. The molecule has 2 nitrogen and oxygen atoms in total. The van der Waals surface area contributed by atoms with Crippen molar-refractivity contribution in [3.8, 4) is 0 Å². The van der Waals surface area contributed by atoms with E-state index in [1.165, 1.54) is 33.4 Å². The number of aromatic nitrogens is 1. The Hall–Kier alpha value is -3.04. The standard InChI is InChI=1S/C31H31NOSi/c1-34(2,3)27-15-13-25(14-16-27)29-19-30(20-29,22-33)31(21-29,28-10-6-7-17-32-28)26-12-11-23-8-4-5-9-24(23)18-26/h4-18,22H,19-21H2,1-3H3. The molecule has 3 fully saturated rings. The Labute approximate surface area is 203 Å². The van der Waals surface area contributed by atoms with Gasteiger partial charge in [0, 0.05) is 11.6 Å². The molecule has 0 amide bonds. The number of hydrogen-bond donors (Lipinski definition) is 0. The van der Waals surface area contributed by atoms with Crippen LogP contribution in [-0.4, -0.2) is 19.3 Å². The molecule has 1 aromatic heterocycles. The molecular formula is C31H31NOSi. The molecular weight excluding hydrogens is 430 g/mol. The Balaban J connectivity index is 1.53. The van der Waals surface area contributed by atoms with Gasteiger partial charge in [0.1, 0.15) is 6.29 Å². The number of aldehydes is 1. The zero-order chi connectivity index (χ0) is 23.6. The molecule has 3 aromatic carbocycles. The Kier molecular flexibility index (Phi) is 4.57. The summed E-state index contributed by atoms with van der Waals surface area (Å²) in [7, 11) is -1.35. The van der Waals surface area contributed by atoms with Crippen LogP contribution in [0.3, 0.4) is 0 Å². The van der Waals surface area contributed by atoms with Gasteiger partial charge in [-0.3, -0.25) is 4.98 Å². The molecule has 0 spiro atoms. The average molecular weight is 462 g/mol. The average Bonchev–Trinajstić information content (AvgIpc) is 3.32. The molecule has 34 heavy (non-hydrogen) atoms. The van der Waals surface area contributed by atoms with Crippen LogP contribution < -0.4 is 5.19 Å². The van der Waals surface area contributed by atoms with E-state index >= 15 is 0 Å². The number of hydrogen-bond acceptors (Lipinski definition) is 2. The zero-order valence-electron chi connectivity index (χ0n) is 20.2. The van der Waals surface area contributed by atoms with Gasteiger partial charge in [0.15, 0.2) is 0 Å². The van der Waals surface area contributed by atoms with Gasteiger partial charge < -0.3 is 4.79 Å². The lowest BCUT2D eigenvalue weighted by Gasteiger charge is -2.48. The van der Waals surface area contributed by atoms with E-state index in [1.54, 1.807) is 0 Å². The highest BCUT2D eigenvalue weighted by Gasteiger charge is 2.75. The molecule has 0 saturated heterocycles. The summed E-state index contributed by atoms with van der Waals surface area (Å²) in [5.74, 6) is 0. The SMILES string of the molecule is C[Si](C)(C)c1ccc(C23CC(C=O)(C2)C(c2ccc4ccccc4c2)(c2ccccn2)C3)cc1. The Morgan fingerprint density at radius 3 is 2.09 bits per heavy atom.